The highest BCUT2D eigenvalue weighted by Gasteiger charge is 2.27. The summed E-state index contributed by atoms with van der Waals surface area (Å²) < 4.78 is 7.04. The highest BCUT2D eigenvalue weighted by molar-refractivity contribution is 6.30. The molecule has 0 saturated carbocycles. The largest absolute Gasteiger partial charge is 0.371 e. The quantitative estimate of drug-likeness (QED) is 0.825. The van der Waals surface area contributed by atoms with Gasteiger partial charge < -0.3 is 4.74 Å². The summed E-state index contributed by atoms with van der Waals surface area (Å²) >= 11 is 6.09. The van der Waals surface area contributed by atoms with E-state index in [9.17, 15) is 0 Å². The van der Waals surface area contributed by atoms with E-state index < -0.39 is 5.60 Å². The summed E-state index contributed by atoms with van der Waals surface area (Å²) in [7, 11) is 1.63. The molecule has 0 bridgehead atoms. The summed E-state index contributed by atoms with van der Waals surface area (Å²) in [5, 5.41) is 13.0. The summed E-state index contributed by atoms with van der Waals surface area (Å²) in [6.45, 7) is 7.69. The second-order valence-electron chi connectivity index (χ2n) is 4.51. The number of hydrogen-bond donors (Lipinski definition) is 0. The molecule has 0 saturated heterocycles. The van der Waals surface area contributed by atoms with Crippen molar-refractivity contribution in [3.05, 3.63) is 22.1 Å². The molecule has 2 rings (SSSR count). The van der Waals surface area contributed by atoms with Crippen molar-refractivity contribution in [3.8, 4) is 0 Å². The Labute approximate surface area is 105 Å². The zero-order valence-corrected chi connectivity index (χ0v) is 11.3. The SMILES string of the molecule is COC(C)(C)c1nnc2c(C)c(C)c(Cl)nn12. The minimum atomic E-state index is -0.558. The van der Waals surface area contributed by atoms with Crippen molar-refractivity contribution in [1.29, 1.82) is 0 Å². The number of aromatic nitrogens is 4. The molecule has 0 aromatic carbocycles. The van der Waals surface area contributed by atoms with Crippen molar-refractivity contribution in [3.63, 3.8) is 0 Å². The van der Waals surface area contributed by atoms with Gasteiger partial charge in [-0.1, -0.05) is 11.6 Å². The number of fused-ring (bicyclic) bond motifs is 1. The molecule has 0 radical (unpaired) electrons. The molecule has 0 spiro atoms. The predicted molar refractivity (Wildman–Crippen MR) is 65.3 cm³/mol. The Morgan fingerprint density at radius 2 is 1.82 bits per heavy atom. The van der Waals surface area contributed by atoms with Gasteiger partial charge in [0.25, 0.3) is 0 Å². The molecule has 0 aliphatic carbocycles. The van der Waals surface area contributed by atoms with Gasteiger partial charge in [-0.3, -0.25) is 0 Å². The summed E-state index contributed by atoms with van der Waals surface area (Å²) in [5.41, 5.74) is 2.06. The van der Waals surface area contributed by atoms with Gasteiger partial charge in [0, 0.05) is 12.7 Å². The van der Waals surface area contributed by atoms with Crippen LogP contribution in [0.3, 0.4) is 0 Å². The van der Waals surface area contributed by atoms with E-state index in [1.165, 1.54) is 0 Å². The molecule has 0 amide bonds. The Morgan fingerprint density at radius 1 is 1.18 bits per heavy atom. The van der Waals surface area contributed by atoms with Crippen LogP contribution in [0.5, 0.6) is 0 Å². The van der Waals surface area contributed by atoms with Gasteiger partial charge in [-0.2, -0.15) is 9.61 Å². The standard InChI is InChI=1S/C11H15ClN4O/c1-6-7(2)9-13-14-10(11(3,4)17-5)16(9)15-8(6)12/h1-5H3. The van der Waals surface area contributed by atoms with Crippen LogP contribution in [-0.4, -0.2) is 26.9 Å². The Morgan fingerprint density at radius 3 is 2.41 bits per heavy atom. The van der Waals surface area contributed by atoms with E-state index in [4.69, 9.17) is 16.3 Å². The number of nitrogens with zero attached hydrogens (tertiary/aromatic N) is 4. The lowest BCUT2D eigenvalue weighted by Crippen LogP contribution is -2.24. The first-order chi connectivity index (χ1) is 7.88. The van der Waals surface area contributed by atoms with Crippen LogP contribution in [0, 0.1) is 13.8 Å². The van der Waals surface area contributed by atoms with E-state index in [1.54, 1.807) is 11.6 Å². The molecular weight excluding hydrogens is 240 g/mol. The number of aryl methyl sites for hydroxylation is 1. The molecule has 2 aromatic heterocycles. The monoisotopic (exact) mass is 254 g/mol. The molecule has 0 fully saturated rings. The molecule has 0 aliphatic heterocycles. The fourth-order valence-corrected chi connectivity index (χ4v) is 1.78. The lowest BCUT2D eigenvalue weighted by atomic mass is 10.1. The number of methoxy groups -OCH3 is 1. The highest BCUT2D eigenvalue weighted by atomic mass is 35.5. The van der Waals surface area contributed by atoms with Crippen molar-refractivity contribution in [2.75, 3.05) is 7.11 Å². The van der Waals surface area contributed by atoms with E-state index in [0.717, 1.165) is 11.1 Å². The smallest absolute Gasteiger partial charge is 0.186 e. The maximum Gasteiger partial charge on any atom is 0.186 e. The molecular formula is C11H15ClN4O. The first-order valence-electron chi connectivity index (χ1n) is 5.32. The number of halogens is 1. The number of rotatable bonds is 2. The van der Waals surface area contributed by atoms with Crippen molar-refractivity contribution < 1.29 is 4.74 Å². The van der Waals surface area contributed by atoms with Crippen LogP contribution < -0.4 is 0 Å². The predicted octanol–water partition coefficient (Wildman–Crippen LogP) is 2.28. The third-order valence-corrected chi connectivity index (χ3v) is 3.44. The van der Waals surface area contributed by atoms with Crippen LogP contribution in [-0.2, 0) is 10.3 Å². The summed E-state index contributed by atoms with van der Waals surface area (Å²) in [6, 6.07) is 0. The molecule has 0 N–H and O–H groups in total. The third kappa shape index (κ3) is 1.79. The second-order valence-corrected chi connectivity index (χ2v) is 4.87. The lowest BCUT2D eigenvalue weighted by molar-refractivity contribution is 0.00976. The van der Waals surface area contributed by atoms with Crippen molar-refractivity contribution in [1.82, 2.24) is 19.8 Å². The van der Waals surface area contributed by atoms with Gasteiger partial charge in [0.15, 0.2) is 16.6 Å². The first-order valence-corrected chi connectivity index (χ1v) is 5.70. The molecule has 2 aromatic rings. The molecule has 92 valence electrons. The summed E-state index contributed by atoms with van der Waals surface area (Å²) in [6.07, 6.45) is 0. The minimum absolute atomic E-state index is 0.461. The second kappa shape index (κ2) is 3.92. The van der Waals surface area contributed by atoms with Gasteiger partial charge in [-0.15, -0.1) is 10.2 Å². The Balaban J connectivity index is 2.79. The zero-order chi connectivity index (χ0) is 12.8. The first kappa shape index (κ1) is 12.3. The average Bonchev–Trinajstić information content (AvgIpc) is 2.70. The van der Waals surface area contributed by atoms with E-state index in [1.807, 2.05) is 27.7 Å². The minimum Gasteiger partial charge on any atom is -0.371 e. The fraction of sp³-hybridized carbons (Fsp3) is 0.545. The van der Waals surface area contributed by atoms with E-state index in [2.05, 4.69) is 15.3 Å². The van der Waals surface area contributed by atoms with Crippen molar-refractivity contribution in [2.45, 2.75) is 33.3 Å². The van der Waals surface area contributed by atoms with E-state index in [-0.39, 0.29) is 0 Å². The Bertz CT molecular complexity index is 576. The molecule has 6 heteroatoms. The van der Waals surface area contributed by atoms with Crippen LogP contribution in [0.2, 0.25) is 5.15 Å². The molecule has 0 atom stereocenters. The van der Waals surface area contributed by atoms with Gasteiger partial charge in [0.1, 0.15) is 5.60 Å². The highest BCUT2D eigenvalue weighted by Crippen LogP contribution is 2.25. The number of hydrogen-bond acceptors (Lipinski definition) is 4. The van der Waals surface area contributed by atoms with Gasteiger partial charge in [0.2, 0.25) is 0 Å². The van der Waals surface area contributed by atoms with Crippen LogP contribution in [0.4, 0.5) is 0 Å². The Hall–Kier alpha value is -1.20. The van der Waals surface area contributed by atoms with Gasteiger partial charge in [0.05, 0.1) is 0 Å². The normalized spacial score (nSPS) is 12.4. The molecule has 2 heterocycles. The molecule has 17 heavy (non-hydrogen) atoms. The van der Waals surface area contributed by atoms with Crippen LogP contribution in [0.25, 0.3) is 5.65 Å². The number of ether oxygens (including phenoxy) is 1. The average molecular weight is 255 g/mol. The van der Waals surface area contributed by atoms with Gasteiger partial charge in [-0.05, 0) is 33.3 Å². The molecule has 5 nitrogen and oxygen atoms in total. The van der Waals surface area contributed by atoms with Crippen molar-refractivity contribution in [2.24, 2.45) is 0 Å². The van der Waals surface area contributed by atoms with E-state index in [0.29, 0.717) is 16.6 Å². The maximum atomic E-state index is 6.09. The summed E-state index contributed by atoms with van der Waals surface area (Å²) in [5.74, 6) is 0.639. The Kier molecular flexibility index (Phi) is 2.83. The lowest BCUT2D eigenvalue weighted by Gasteiger charge is -2.20. The molecule has 0 unspecified atom stereocenters. The zero-order valence-electron chi connectivity index (χ0n) is 10.6. The van der Waals surface area contributed by atoms with Crippen LogP contribution >= 0.6 is 11.6 Å². The van der Waals surface area contributed by atoms with Crippen LogP contribution in [0.15, 0.2) is 0 Å². The van der Waals surface area contributed by atoms with Crippen molar-refractivity contribution >= 4 is 17.2 Å². The van der Waals surface area contributed by atoms with Gasteiger partial charge in [-0.25, -0.2) is 0 Å². The topological polar surface area (TPSA) is 52.3 Å². The van der Waals surface area contributed by atoms with Crippen LogP contribution in [0.1, 0.15) is 30.8 Å². The maximum absolute atomic E-state index is 6.09. The summed E-state index contributed by atoms with van der Waals surface area (Å²) in [4.78, 5) is 0. The third-order valence-electron chi connectivity index (χ3n) is 3.08. The van der Waals surface area contributed by atoms with Gasteiger partial charge >= 0.3 is 0 Å². The van der Waals surface area contributed by atoms with E-state index >= 15 is 0 Å². The fourth-order valence-electron chi connectivity index (χ4n) is 1.56. The molecule has 0 aliphatic rings.